The Balaban J connectivity index is 2.78. The van der Waals surface area contributed by atoms with Gasteiger partial charge in [0.1, 0.15) is 0 Å². The fourth-order valence-electron chi connectivity index (χ4n) is 0.895. The molecule has 1 rings (SSSR count). The molecule has 4 nitrogen and oxygen atoms in total. The number of carbonyl (C=O) groups excluding carboxylic acids is 1. The van der Waals surface area contributed by atoms with E-state index >= 15 is 0 Å². The van der Waals surface area contributed by atoms with Gasteiger partial charge in [-0.15, -0.1) is 0 Å². The fourth-order valence-corrected chi connectivity index (χ4v) is 1.16. The smallest absolute Gasteiger partial charge is 0.332 e. The Morgan fingerprint density at radius 2 is 2.00 bits per heavy atom. The minimum absolute atomic E-state index is 0.665. The van der Waals surface area contributed by atoms with Gasteiger partial charge in [-0.2, -0.15) is 5.10 Å². The third kappa shape index (κ3) is 3.18. The summed E-state index contributed by atoms with van der Waals surface area (Å²) in [4.78, 5) is 10.4. The molecular weight excluding hydrogens is 246 g/mol. The second-order valence-electron chi connectivity index (χ2n) is 2.68. The fraction of sp³-hybridized carbons (Fsp3) is 0.111. The summed E-state index contributed by atoms with van der Waals surface area (Å²) < 4.78 is 0.997. The van der Waals surface area contributed by atoms with E-state index in [1.165, 1.54) is 0 Å². The largest absolute Gasteiger partial charge is 0.350 e. The Hall–Kier alpha value is -1.36. The van der Waals surface area contributed by atoms with E-state index in [9.17, 15) is 4.79 Å². The number of rotatable bonds is 2. The molecule has 1 aromatic rings. The van der Waals surface area contributed by atoms with E-state index in [1.54, 1.807) is 6.92 Å². The van der Waals surface area contributed by atoms with Crippen molar-refractivity contribution in [1.29, 1.82) is 0 Å². The molecule has 14 heavy (non-hydrogen) atoms. The average Bonchev–Trinajstić information content (AvgIpc) is 2.15. The van der Waals surface area contributed by atoms with Crippen molar-refractivity contribution in [2.24, 2.45) is 10.8 Å². The summed E-state index contributed by atoms with van der Waals surface area (Å²) in [6.45, 7) is 1.79. The number of nitrogens with zero attached hydrogens (tertiary/aromatic N) is 1. The number of hydrogen-bond donors (Lipinski definition) is 2. The lowest BCUT2D eigenvalue weighted by Gasteiger charge is -2.00. The Labute approximate surface area is 90.3 Å². The predicted octanol–water partition coefficient (Wildman–Crippen LogP) is 1.84. The van der Waals surface area contributed by atoms with Crippen molar-refractivity contribution in [3.8, 4) is 0 Å². The van der Waals surface area contributed by atoms with Crippen LogP contribution in [0.4, 0.5) is 4.79 Å². The van der Waals surface area contributed by atoms with Crippen LogP contribution >= 0.6 is 15.9 Å². The highest BCUT2D eigenvalue weighted by Crippen LogP contribution is 2.10. The second-order valence-corrected chi connectivity index (χ2v) is 3.60. The quantitative estimate of drug-likeness (QED) is 0.615. The van der Waals surface area contributed by atoms with Crippen molar-refractivity contribution < 1.29 is 4.79 Å². The van der Waals surface area contributed by atoms with Crippen LogP contribution in [-0.4, -0.2) is 11.7 Å². The number of hydrazone groups is 1. The molecule has 0 radical (unpaired) electrons. The Morgan fingerprint density at radius 3 is 2.50 bits per heavy atom. The van der Waals surface area contributed by atoms with Gasteiger partial charge in [0.15, 0.2) is 0 Å². The van der Waals surface area contributed by atoms with E-state index in [2.05, 4.69) is 26.5 Å². The maximum absolute atomic E-state index is 10.4. The van der Waals surface area contributed by atoms with E-state index in [4.69, 9.17) is 5.73 Å². The standard InChI is InChI=1S/C9H10BrN3O/c1-6(12-13-9(11)14)7-2-4-8(10)5-3-7/h2-5H,1H3,(H3,11,13,14)/b12-6-. The van der Waals surface area contributed by atoms with Crippen LogP contribution in [0.1, 0.15) is 12.5 Å². The first kappa shape index (κ1) is 10.7. The molecule has 1 aromatic carbocycles. The van der Waals surface area contributed by atoms with Gasteiger partial charge in [0.25, 0.3) is 0 Å². The molecule has 0 atom stereocenters. The Bertz CT molecular complexity index is 359. The number of amides is 2. The number of primary amides is 1. The lowest BCUT2D eigenvalue weighted by molar-refractivity contribution is 0.249. The third-order valence-electron chi connectivity index (χ3n) is 1.60. The first-order valence-corrected chi connectivity index (χ1v) is 4.74. The van der Waals surface area contributed by atoms with Crippen LogP contribution in [0.3, 0.4) is 0 Å². The topological polar surface area (TPSA) is 67.5 Å². The molecular formula is C9H10BrN3O. The predicted molar refractivity (Wildman–Crippen MR) is 59.1 cm³/mol. The van der Waals surface area contributed by atoms with Gasteiger partial charge in [0, 0.05) is 4.47 Å². The molecule has 0 fully saturated rings. The molecule has 2 amide bonds. The van der Waals surface area contributed by atoms with Gasteiger partial charge in [-0.05, 0) is 24.6 Å². The zero-order valence-electron chi connectivity index (χ0n) is 7.62. The second kappa shape index (κ2) is 4.76. The van der Waals surface area contributed by atoms with Gasteiger partial charge in [0.2, 0.25) is 0 Å². The van der Waals surface area contributed by atoms with Crippen LogP contribution in [0.2, 0.25) is 0 Å². The van der Waals surface area contributed by atoms with Crippen LogP contribution in [0, 0.1) is 0 Å². The first-order valence-electron chi connectivity index (χ1n) is 3.95. The van der Waals surface area contributed by atoms with Gasteiger partial charge in [-0.1, -0.05) is 28.1 Å². The summed E-state index contributed by atoms with van der Waals surface area (Å²) in [5, 5.41) is 3.80. The van der Waals surface area contributed by atoms with Crippen molar-refractivity contribution in [3.05, 3.63) is 34.3 Å². The molecule has 0 heterocycles. The highest BCUT2D eigenvalue weighted by atomic mass is 79.9. The highest BCUT2D eigenvalue weighted by molar-refractivity contribution is 9.10. The molecule has 0 unspecified atom stereocenters. The molecule has 0 spiro atoms. The number of hydrogen-bond acceptors (Lipinski definition) is 2. The number of halogens is 1. The van der Waals surface area contributed by atoms with Crippen LogP contribution in [0.5, 0.6) is 0 Å². The molecule has 74 valence electrons. The average molecular weight is 256 g/mol. The van der Waals surface area contributed by atoms with Gasteiger partial charge >= 0.3 is 6.03 Å². The van der Waals surface area contributed by atoms with E-state index in [0.29, 0.717) is 5.71 Å². The van der Waals surface area contributed by atoms with Gasteiger partial charge in [0.05, 0.1) is 5.71 Å². The summed E-state index contributed by atoms with van der Waals surface area (Å²) in [5.74, 6) is 0. The van der Waals surface area contributed by atoms with Crippen molar-refractivity contribution in [1.82, 2.24) is 5.43 Å². The molecule has 0 aliphatic heterocycles. The van der Waals surface area contributed by atoms with Crippen molar-refractivity contribution in [3.63, 3.8) is 0 Å². The monoisotopic (exact) mass is 255 g/mol. The summed E-state index contributed by atoms with van der Waals surface area (Å²) in [6, 6.07) is 6.93. The zero-order chi connectivity index (χ0) is 10.6. The molecule has 0 bridgehead atoms. The lowest BCUT2D eigenvalue weighted by atomic mass is 10.1. The van der Waals surface area contributed by atoms with Crippen molar-refractivity contribution >= 4 is 27.7 Å². The van der Waals surface area contributed by atoms with Gasteiger partial charge in [-0.25, -0.2) is 10.2 Å². The van der Waals surface area contributed by atoms with Crippen LogP contribution in [0.15, 0.2) is 33.8 Å². The zero-order valence-corrected chi connectivity index (χ0v) is 9.21. The number of urea groups is 1. The number of nitrogens with one attached hydrogen (secondary N) is 1. The molecule has 0 aromatic heterocycles. The molecule has 0 saturated carbocycles. The maximum Gasteiger partial charge on any atom is 0.332 e. The third-order valence-corrected chi connectivity index (χ3v) is 2.12. The first-order chi connectivity index (χ1) is 6.59. The molecule has 0 saturated heterocycles. The van der Waals surface area contributed by atoms with Gasteiger partial charge < -0.3 is 5.73 Å². The van der Waals surface area contributed by atoms with Crippen molar-refractivity contribution in [2.45, 2.75) is 6.92 Å². The number of benzene rings is 1. The number of carbonyl (C=O) groups is 1. The summed E-state index contributed by atoms with van der Waals surface area (Å²) in [5.41, 5.74) is 8.69. The minimum Gasteiger partial charge on any atom is -0.350 e. The van der Waals surface area contributed by atoms with Crippen molar-refractivity contribution in [2.75, 3.05) is 0 Å². The number of nitrogens with two attached hydrogens (primary N) is 1. The maximum atomic E-state index is 10.4. The van der Waals surface area contributed by atoms with Crippen LogP contribution in [-0.2, 0) is 0 Å². The van der Waals surface area contributed by atoms with E-state index in [-0.39, 0.29) is 0 Å². The van der Waals surface area contributed by atoms with E-state index < -0.39 is 6.03 Å². The van der Waals surface area contributed by atoms with Crippen LogP contribution in [0.25, 0.3) is 0 Å². The summed E-state index contributed by atoms with van der Waals surface area (Å²) in [6.07, 6.45) is 0. The SMILES string of the molecule is C/C(=N/NC(N)=O)c1ccc(Br)cc1. The molecule has 5 heteroatoms. The minimum atomic E-state index is -0.665. The highest BCUT2D eigenvalue weighted by Gasteiger charge is 1.97. The van der Waals surface area contributed by atoms with E-state index in [0.717, 1.165) is 10.0 Å². The Morgan fingerprint density at radius 1 is 1.43 bits per heavy atom. The lowest BCUT2D eigenvalue weighted by Crippen LogP contribution is -2.25. The normalized spacial score (nSPS) is 11.1. The Kier molecular flexibility index (Phi) is 3.64. The molecule has 0 aliphatic rings. The summed E-state index contributed by atoms with van der Waals surface area (Å²) >= 11 is 3.33. The summed E-state index contributed by atoms with van der Waals surface area (Å²) in [7, 11) is 0. The van der Waals surface area contributed by atoms with Crippen LogP contribution < -0.4 is 11.2 Å². The molecule has 3 N–H and O–H groups in total. The molecule has 0 aliphatic carbocycles. The van der Waals surface area contributed by atoms with E-state index in [1.807, 2.05) is 24.3 Å². The van der Waals surface area contributed by atoms with Gasteiger partial charge in [-0.3, -0.25) is 0 Å².